The maximum atomic E-state index is 5.59. The van der Waals surface area contributed by atoms with Crippen LogP contribution in [0, 0.1) is 0 Å². The normalized spacial score (nSPS) is 26.4. The van der Waals surface area contributed by atoms with Gasteiger partial charge in [0.05, 0.1) is 18.9 Å². The molecule has 0 saturated carbocycles. The predicted molar refractivity (Wildman–Crippen MR) is 95.1 cm³/mol. The van der Waals surface area contributed by atoms with E-state index in [4.69, 9.17) is 17.0 Å². The van der Waals surface area contributed by atoms with Gasteiger partial charge in [-0.05, 0) is 26.0 Å². The van der Waals surface area contributed by atoms with Crippen molar-refractivity contribution in [3.63, 3.8) is 0 Å². The fourth-order valence-electron chi connectivity index (χ4n) is 3.15. The van der Waals surface area contributed by atoms with Crippen molar-refractivity contribution in [2.24, 2.45) is 5.10 Å². The third kappa shape index (κ3) is 4.25. The first-order valence-electron chi connectivity index (χ1n) is 8.04. The molecule has 7 heteroatoms. The van der Waals surface area contributed by atoms with Crippen LogP contribution in [0.3, 0.4) is 0 Å². The lowest BCUT2D eigenvalue weighted by Crippen LogP contribution is -2.55. The Morgan fingerprint density at radius 2 is 2.26 bits per heavy atom. The van der Waals surface area contributed by atoms with Crippen molar-refractivity contribution < 1.29 is 4.74 Å². The summed E-state index contributed by atoms with van der Waals surface area (Å²) in [6.07, 6.45) is 2.49. The largest absolute Gasteiger partial charge is 0.491 e. The summed E-state index contributed by atoms with van der Waals surface area (Å²) < 4.78 is 5.59. The van der Waals surface area contributed by atoms with Gasteiger partial charge in [0.2, 0.25) is 0 Å². The Morgan fingerprint density at radius 3 is 3.04 bits per heavy atom. The number of nitrogens with one attached hydrogen (secondary N) is 2. The number of fused-ring (bicyclic) bond motifs is 1. The summed E-state index contributed by atoms with van der Waals surface area (Å²) >= 11 is 5.45. The second-order valence-corrected chi connectivity index (χ2v) is 6.70. The summed E-state index contributed by atoms with van der Waals surface area (Å²) in [5, 5.41) is 7.99. The van der Waals surface area contributed by atoms with Crippen LogP contribution in [0.1, 0.15) is 26.0 Å². The molecule has 0 spiro atoms. The lowest BCUT2D eigenvalue weighted by molar-refractivity contribution is 0.194. The molecule has 1 aromatic heterocycles. The second-order valence-electron chi connectivity index (χ2n) is 6.20. The van der Waals surface area contributed by atoms with Gasteiger partial charge < -0.3 is 10.1 Å². The van der Waals surface area contributed by atoms with Gasteiger partial charge >= 0.3 is 0 Å². The van der Waals surface area contributed by atoms with Crippen molar-refractivity contribution >= 4 is 22.9 Å². The van der Waals surface area contributed by atoms with E-state index in [1.165, 1.54) is 0 Å². The topological polar surface area (TPSA) is 61.8 Å². The van der Waals surface area contributed by atoms with Gasteiger partial charge in [0, 0.05) is 37.8 Å². The molecule has 2 N–H and O–H groups in total. The van der Waals surface area contributed by atoms with Gasteiger partial charge in [0.25, 0.3) is 0 Å². The Kier molecular flexibility index (Phi) is 5.20. The Labute approximate surface area is 142 Å². The quantitative estimate of drug-likeness (QED) is 0.640. The molecule has 0 bridgehead atoms. The zero-order valence-electron chi connectivity index (χ0n) is 13.6. The average Bonchev–Trinajstić information content (AvgIpc) is 2.52. The van der Waals surface area contributed by atoms with Crippen LogP contribution in [0.15, 0.2) is 23.4 Å². The molecule has 6 nitrogen and oxygen atoms in total. The Balaban J connectivity index is 1.59. The van der Waals surface area contributed by atoms with Gasteiger partial charge in [-0.3, -0.25) is 15.3 Å². The lowest BCUT2D eigenvalue weighted by atomic mass is 10.1. The number of nitrogens with zero attached hydrogens (tertiary/aromatic N) is 3. The van der Waals surface area contributed by atoms with E-state index in [1.807, 2.05) is 12.1 Å². The molecule has 1 saturated heterocycles. The molecular weight excluding hydrogens is 310 g/mol. The van der Waals surface area contributed by atoms with Crippen molar-refractivity contribution in [1.29, 1.82) is 0 Å². The number of pyridine rings is 1. The molecule has 23 heavy (non-hydrogen) atoms. The van der Waals surface area contributed by atoms with Crippen molar-refractivity contribution in [1.82, 2.24) is 20.6 Å². The lowest BCUT2D eigenvalue weighted by Gasteiger charge is -2.36. The third-order valence-electron chi connectivity index (χ3n) is 3.96. The highest BCUT2D eigenvalue weighted by molar-refractivity contribution is 7.80. The summed E-state index contributed by atoms with van der Waals surface area (Å²) in [7, 11) is 0. The third-order valence-corrected chi connectivity index (χ3v) is 4.18. The van der Waals surface area contributed by atoms with Crippen LogP contribution in [0.4, 0.5) is 0 Å². The van der Waals surface area contributed by atoms with E-state index in [2.05, 4.69) is 39.6 Å². The molecule has 0 unspecified atom stereocenters. The van der Waals surface area contributed by atoms with Crippen molar-refractivity contribution in [2.75, 3.05) is 26.2 Å². The van der Waals surface area contributed by atoms with E-state index in [-0.39, 0.29) is 0 Å². The van der Waals surface area contributed by atoms with Gasteiger partial charge in [-0.25, -0.2) is 0 Å². The summed E-state index contributed by atoms with van der Waals surface area (Å²) in [5.74, 6) is 0.787. The first kappa shape index (κ1) is 16.3. The van der Waals surface area contributed by atoms with E-state index >= 15 is 0 Å². The Hall–Kier alpha value is -1.57. The fourth-order valence-corrected chi connectivity index (χ4v) is 3.37. The molecule has 2 aliphatic rings. The highest BCUT2D eigenvalue weighted by atomic mass is 32.1. The summed E-state index contributed by atoms with van der Waals surface area (Å²) in [4.78, 5) is 7.45. The fraction of sp³-hybridized carbons (Fsp3) is 0.562. The van der Waals surface area contributed by atoms with E-state index in [9.17, 15) is 0 Å². The number of ether oxygens (including phenoxy) is 1. The number of piperazine rings is 1. The monoisotopic (exact) mass is 333 g/mol. The van der Waals surface area contributed by atoms with Crippen LogP contribution in [0.25, 0.3) is 0 Å². The number of aromatic nitrogens is 1. The SMILES string of the molecule is C[C@@H]1CN(CC(=S)N/N=C2/CCOc3cccnc32)C[C@H](C)N1. The van der Waals surface area contributed by atoms with Gasteiger partial charge in [0.15, 0.2) is 0 Å². The average molecular weight is 333 g/mol. The van der Waals surface area contributed by atoms with Gasteiger partial charge in [-0.1, -0.05) is 12.2 Å². The Bertz CT molecular complexity index is 596. The molecule has 0 radical (unpaired) electrons. The minimum Gasteiger partial charge on any atom is -0.491 e. The minimum absolute atomic E-state index is 0.486. The summed E-state index contributed by atoms with van der Waals surface area (Å²) in [5.41, 5.74) is 4.74. The molecule has 3 rings (SSSR count). The smallest absolute Gasteiger partial charge is 0.146 e. The minimum atomic E-state index is 0.486. The molecule has 0 aromatic carbocycles. The molecule has 2 atom stereocenters. The van der Waals surface area contributed by atoms with E-state index in [0.717, 1.165) is 48.2 Å². The summed E-state index contributed by atoms with van der Waals surface area (Å²) in [6.45, 7) is 7.75. The van der Waals surface area contributed by atoms with Crippen LogP contribution >= 0.6 is 12.2 Å². The number of hydrogen-bond acceptors (Lipinski definition) is 6. The molecule has 1 aromatic rings. The highest BCUT2D eigenvalue weighted by Gasteiger charge is 2.22. The Morgan fingerprint density at radius 1 is 1.48 bits per heavy atom. The van der Waals surface area contributed by atoms with Crippen molar-refractivity contribution in [3.05, 3.63) is 24.0 Å². The first-order valence-corrected chi connectivity index (χ1v) is 8.44. The molecule has 1 fully saturated rings. The van der Waals surface area contributed by atoms with Gasteiger partial charge in [-0.2, -0.15) is 5.10 Å². The predicted octanol–water partition coefficient (Wildman–Crippen LogP) is 1.17. The van der Waals surface area contributed by atoms with Crippen LogP contribution in [-0.2, 0) is 0 Å². The van der Waals surface area contributed by atoms with Crippen molar-refractivity contribution in [2.45, 2.75) is 32.4 Å². The number of thiocarbonyl (C=S) groups is 1. The summed E-state index contributed by atoms with van der Waals surface area (Å²) in [6, 6.07) is 4.75. The number of rotatable bonds is 3. The number of hydrogen-bond donors (Lipinski definition) is 2. The van der Waals surface area contributed by atoms with Crippen LogP contribution in [0.5, 0.6) is 5.75 Å². The van der Waals surface area contributed by atoms with Gasteiger partial charge in [0.1, 0.15) is 16.4 Å². The second kappa shape index (κ2) is 7.33. The maximum Gasteiger partial charge on any atom is 0.146 e. The first-order chi connectivity index (χ1) is 11.1. The van der Waals surface area contributed by atoms with E-state index in [0.29, 0.717) is 18.7 Å². The van der Waals surface area contributed by atoms with Crippen molar-refractivity contribution in [3.8, 4) is 5.75 Å². The van der Waals surface area contributed by atoms with E-state index in [1.54, 1.807) is 6.20 Å². The maximum absolute atomic E-state index is 5.59. The molecular formula is C16H23N5OS. The van der Waals surface area contributed by atoms with Gasteiger partial charge in [-0.15, -0.1) is 0 Å². The zero-order chi connectivity index (χ0) is 16.2. The number of hydrazone groups is 1. The molecule has 124 valence electrons. The van der Waals surface area contributed by atoms with Crippen LogP contribution in [-0.4, -0.2) is 58.9 Å². The molecule has 0 aliphatic carbocycles. The molecule has 2 aliphatic heterocycles. The van der Waals surface area contributed by atoms with E-state index < -0.39 is 0 Å². The van der Waals surface area contributed by atoms with Crippen LogP contribution in [0.2, 0.25) is 0 Å². The standard InChI is InChI=1S/C16H23N5OS/c1-11-8-21(9-12(2)18-11)10-15(23)20-19-13-5-7-22-14-4-3-6-17-16(13)14/h3-4,6,11-12,18H,5,7-10H2,1-2H3,(H,20,23)/b19-13-/t11-,12+. The zero-order valence-corrected chi connectivity index (χ0v) is 14.4. The highest BCUT2D eigenvalue weighted by Crippen LogP contribution is 2.21. The molecule has 3 heterocycles. The molecule has 0 amide bonds. The van der Waals surface area contributed by atoms with Crippen LogP contribution < -0.4 is 15.5 Å².